The molecular formula is C25H29N5O2S. The first-order chi connectivity index (χ1) is 16.2. The first-order valence-electron chi connectivity index (χ1n) is 11.5. The summed E-state index contributed by atoms with van der Waals surface area (Å²) in [6.45, 7) is 8.28. The van der Waals surface area contributed by atoms with E-state index in [1.165, 1.54) is 17.0 Å². The third-order valence-corrected chi connectivity index (χ3v) is 7.19. The first kappa shape index (κ1) is 21.7. The molecule has 2 aromatic heterocycles. The van der Waals surface area contributed by atoms with Crippen molar-refractivity contribution in [3.63, 3.8) is 0 Å². The highest BCUT2D eigenvalue weighted by atomic mass is 32.1. The number of hydrogen-bond acceptors (Lipinski definition) is 7. The molecule has 0 unspecified atom stereocenters. The number of piperazine rings is 1. The van der Waals surface area contributed by atoms with Crippen LogP contribution in [0.25, 0.3) is 4.96 Å². The summed E-state index contributed by atoms with van der Waals surface area (Å²) >= 11 is 1.52. The van der Waals surface area contributed by atoms with Crippen LogP contribution in [0.1, 0.15) is 36.2 Å². The Kier molecular flexibility index (Phi) is 6.20. The summed E-state index contributed by atoms with van der Waals surface area (Å²) in [6, 6.07) is 18.7. The van der Waals surface area contributed by atoms with Crippen LogP contribution < -0.4 is 9.64 Å². The van der Waals surface area contributed by atoms with Crippen LogP contribution in [0.5, 0.6) is 11.6 Å². The van der Waals surface area contributed by atoms with Gasteiger partial charge in [-0.05, 0) is 36.8 Å². The molecule has 2 aromatic carbocycles. The SMILES string of the molecule is CCOc1ccc([C@@H](c2sc3nc(CC)nn3c2O)N2CCN(c3ccccc3)CC2)cc1. The second-order valence-electron chi connectivity index (χ2n) is 8.13. The van der Waals surface area contributed by atoms with Gasteiger partial charge in [-0.15, -0.1) is 5.10 Å². The van der Waals surface area contributed by atoms with E-state index in [1.807, 2.05) is 26.0 Å². The molecule has 1 N–H and O–H groups in total. The van der Waals surface area contributed by atoms with Crippen molar-refractivity contribution >= 4 is 22.0 Å². The van der Waals surface area contributed by atoms with Gasteiger partial charge in [-0.2, -0.15) is 4.52 Å². The molecule has 8 heteroatoms. The Bertz CT molecular complexity index is 1200. The summed E-state index contributed by atoms with van der Waals surface area (Å²) in [6.07, 6.45) is 0.743. The number of hydrogen-bond donors (Lipinski definition) is 1. The topological polar surface area (TPSA) is 66.1 Å². The number of benzene rings is 2. The lowest BCUT2D eigenvalue weighted by Gasteiger charge is -2.40. The Balaban J connectivity index is 1.47. The first-order valence-corrected chi connectivity index (χ1v) is 12.3. The molecule has 172 valence electrons. The largest absolute Gasteiger partial charge is 0.494 e. The van der Waals surface area contributed by atoms with E-state index in [9.17, 15) is 5.11 Å². The zero-order valence-electron chi connectivity index (χ0n) is 19.0. The van der Waals surface area contributed by atoms with Crippen molar-refractivity contribution in [3.8, 4) is 11.6 Å². The lowest BCUT2D eigenvalue weighted by atomic mass is 10.0. The summed E-state index contributed by atoms with van der Waals surface area (Å²) in [5, 5.41) is 15.6. The van der Waals surface area contributed by atoms with Crippen molar-refractivity contribution < 1.29 is 9.84 Å². The molecule has 4 aromatic rings. The molecule has 1 aliphatic rings. The second-order valence-corrected chi connectivity index (χ2v) is 9.14. The van der Waals surface area contributed by atoms with Gasteiger partial charge in [-0.3, -0.25) is 4.90 Å². The molecule has 33 heavy (non-hydrogen) atoms. The van der Waals surface area contributed by atoms with Crippen LogP contribution in [-0.4, -0.2) is 57.4 Å². The van der Waals surface area contributed by atoms with Gasteiger partial charge in [0, 0.05) is 38.3 Å². The predicted octanol–water partition coefficient (Wildman–Crippen LogP) is 4.37. The lowest BCUT2D eigenvalue weighted by molar-refractivity contribution is 0.211. The lowest BCUT2D eigenvalue weighted by Crippen LogP contribution is -2.47. The summed E-state index contributed by atoms with van der Waals surface area (Å²) in [4.78, 5) is 11.1. The molecule has 1 atom stereocenters. The molecule has 5 rings (SSSR count). The number of aryl methyl sites for hydroxylation is 1. The highest BCUT2D eigenvalue weighted by Gasteiger charge is 2.31. The van der Waals surface area contributed by atoms with E-state index in [2.05, 4.69) is 62.3 Å². The van der Waals surface area contributed by atoms with Crippen LogP contribution in [0.2, 0.25) is 0 Å². The minimum atomic E-state index is -0.0721. The zero-order valence-corrected chi connectivity index (χ0v) is 19.8. The Hall–Kier alpha value is -3.10. The molecule has 3 heterocycles. The Morgan fingerprint density at radius 2 is 1.73 bits per heavy atom. The molecular weight excluding hydrogens is 434 g/mol. The third-order valence-electron chi connectivity index (χ3n) is 6.12. The van der Waals surface area contributed by atoms with Crippen LogP contribution in [-0.2, 0) is 6.42 Å². The maximum atomic E-state index is 11.1. The van der Waals surface area contributed by atoms with Crippen molar-refractivity contribution in [1.82, 2.24) is 19.5 Å². The minimum Gasteiger partial charge on any atom is -0.494 e. The van der Waals surface area contributed by atoms with E-state index in [0.717, 1.165) is 59.6 Å². The van der Waals surface area contributed by atoms with Crippen molar-refractivity contribution in [2.75, 3.05) is 37.7 Å². The average molecular weight is 464 g/mol. The highest BCUT2D eigenvalue weighted by molar-refractivity contribution is 7.17. The van der Waals surface area contributed by atoms with Gasteiger partial charge in [0.1, 0.15) is 5.75 Å². The van der Waals surface area contributed by atoms with Gasteiger partial charge in [0.2, 0.25) is 10.8 Å². The van der Waals surface area contributed by atoms with E-state index in [1.54, 1.807) is 4.52 Å². The average Bonchev–Trinajstić information content (AvgIpc) is 3.40. The predicted molar refractivity (Wildman–Crippen MR) is 132 cm³/mol. The van der Waals surface area contributed by atoms with E-state index in [4.69, 9.17) is 4.74 Å². The molecule has 0 amide bonds. The minimum absolute atomic E-state index is 0.0721. The van der Waals surface area contributed by atoms with E-state index in [0.29, 0.717) is 6.61 Å². The summed E-state index contributed by atoms with van der Waals surface area (Å²) in [7, 11) is 0. The van der Waals surface area contributed by atoms with Crippen LogP contribution in [0, 0.1) is 0 Å². The molecule has 1 fully saturated rings. The Labute approximate surface area is 197 Å². The summed E-state index contributed by atoms with van der Waals surface area (Å²) < 4.78 is 7.23. The van der Waals surface area contributed by atoms with Gasteiger partial charge in [0.05, 0.1) is 17.5 Å². The maximum Gasteiger partial charge on any atom is 0.230 e. The number of anilines is 1. The second kappa shape index (κ2) is 9.41. The number of aromatic nitrogens is 3. The Morgan fingerprint density at radius 1 is 1.00 bits per heavy atom. The fourth-order valence-corrected chi connectivity index (χ4v) is 5.57. The number of ether oxygens (including phenoxy) is 1. The standard InChI is InChI=1S/C25H29N5O2S/c1-3-21-26-25-30(27-21)24(31)23(33-25)22(18-10-12-20(13-11-18)32-4-2)29-16-14-28(15-17-29)19-8-6-5-7-9-19/h5-13,22,31H,3-4,14-17H2,1-2H3/t22-/m0/s1. The van der Waals surface area contributed by atoms with Crippen LogP contribution in [0.4, 0.5) is 5.69 Å². The Morgan fingerprint density at radius 3 is 2.36 bits per heavy atom. The molecule has 0 spiro atoms. The number of rotatable bonds is 7. The number of nitrogens with zero attached hydrogens (tertiary/aromatic N) is 5. The van der Waals surface area contributed by atoms with E-state index >= 15 is 0 Å². The van der Waals surface area contributed by atoms with Crippen molar-refractivity contribution in [2.24, 2.45) is 0 Å². The van der Waals surface area contributed by atoms with Gasteiger partial charge < -0.3 is 14.7 Å². The summed E-state index contributed by atoms with van der Waals surface area (Å²) in [5.41, 5.74) is 2.38. The normalized spacial score (nSPS) is 15.8. The van der Waals surface area contributed by atoms with Gasteiger partial charge in [0.25, 0.3) is 0 Å². The van der Waals surface area contributed by atoms with Crippen LogP contribution in [0.15, 0.2) is 54.6 Å². The maximum absolute atomic E-state index is 11.1. The van der Waals surface area contributed by atoms with Crippen molar-refractivity contribution in [1.29, 1.82) is 0 Å². The molecule has 0 saturated carbocycles. The van der Waals surface area contributed by atoms with Crippen molar-refractivity contribution in [2.45, 2.75) is 26.3 Å². The molecule has 0 radical (unpaired) electrons. The van der Waals surface area contributed by atoms with Crippen LogP contribution in [0.3, 0.4) is 0 Å². The van der Waals surface area contributed by atoms with Crippen molar-refractivity contribution in [3.05, 3.63) is 70.9 Å². The number of fused-ring (bicyclic) bond motifs is 1. The summed E-state index contributed by atoms with van der Waals surface area (Å²) in [5.74, 6) is 1.79. The van der Waals surface area contributed by atoms with Gasteiger partial charge in [0.15, 0.2) is 5.82 Å². The fourth-order valence-electron chi connectivity index (χ4n) is 4.44. The smallest absolute Gasteiger partial charge is 0.230 e. The number of aromatic hydroxyl groups is 1. The third kappa shape index (κ3) is 4.28. The van der Waals surface area contributed by atoms with Gasteiger partial charge in [-0.25, -0.2) is 4.98 Å². The quantitative estimate of drug-likeness (QED) is 0.439. The monoisotopic (exact) mass is 463 g/mol. The zero-order chi connectivity index (χ0) is 22.8. The highest BCUT2D eigenvalue weighted by Crippen LogP contribution is 2.40. The molecule has 7 nitrogen and oxygen atoms in total. The molecule has 0 bridgehead atoms. The van der Waals surface area contributed by atoms with E-state index < -0.39 is 0 Å². The molecule has 0 aliphatic carbocycles. The molecule has 1 aliphatic heterocycles. The van der Waals surface area contributed by atoms with Crippen LogP contribution >= 0.6 is 11.3 Å². The fraction of sp³-hybridized carbons (Fsp3) is 0.360. The number of thiazole rings is 1. The number of para-hydroxylation sites is 1. The van der Waals surface area contributed by atoms with Gasteiger partial charge in [-0.1, -0.05) is 48.6 Å². The van der Waals surface area contributed by atoms with E-state index in [-0.39, 0.29) is 11.9 Å². The van der Waals surface area contributed by atoms with Gasteiger partial charge >= 0.3 is 0 Å². The molecule has 1 saturated heterocycles.